The maximum Gasteiger partial charge on any atom is 0.295 e. The monoisotopic (exact) mass is 402 g/mol. The average Bonchev–Trinajstić information content (AvgIpc) is 2.87. The molecule has 1 N–H and O–H groups in total. The molecule has 1 amide bonds. The smallest absolute Gasteiger partial charge is 0.295 e. The van der Waals surface area contributed by atoms with Gasteiger partial charge < -0.3 is 9.84 Å². The van der Waals surface area contributed by atoms with E-state index in [0.717, 1.165) is 4.47 Å². The van der Waals surface area contributed by atoms with Crippen molar-refractivity contribution < 1.29 is 19.4 Å². The number of methoxy groups -OCH3 is 1. The molecule has 1 atom stereocenters. The van der Waals surface area contributed by atoms with Gasteiger partial charge in [-0.05, 0) is 52.7 Å². The fourth-order valence-electron chi connectivity index (χ4n) is 2.81. The van der Waals surface area contributed by atoms with Crippen molar-refractivity contribution in [2.45, 2.75) is 13.0 Å². The van der Waals surface area contributed by atoms with Gasteiger partial charge in [0, 0.05) is 10.7 Å². The summed E-state index contributed by atoms with van der Waals surface area (Å²) in [5, 5.41) is 10.3. The number of hydrogen-bond donors (Lipinski definition) is 1. The molecule has 2 aromatic rings. The molecule has 1 aliphatic rings. The zero-order valence-corrected chi connectivity index (χ0v) is 15.1. The Kier molecular flexibility index (Phi) is 4.59. The summed E-state index contributed by atoms with van der Waals surface area (Å²) in [5.74, 6) is -0.569. The van der Waals surface area contributed by atoms with Crippen molar-refractivity contribution in [2.24, 2.45) is 0 Å². The number of halogens is 1. The van der Waals surface area contributed by atoms with Crippen LogP contribution in [-0.4, -0.2) is 28.9 Å². The minimum atomic E-state index is -0.746. The highest BCUT2D eigenvalue weighted by Crippen LogP contribution is 2.40. The lowest BCUT2D eigenvalue weighted by Gasteiger charge is -2.25. The van der Waals surface area contributed by atoms with E-state index in [4.69, 9.17) is 4.74 Å². The summed E-state index contributed by atoms with van der Waals surface area (Å²) in [6.07, 6.45) is 1.55. The van der Waals surface area contributed by atoms with Crippen molar-refractivity contribution in [1.29, 1.82) is 0 Å². The number of Topliss-reactive ketones (excluding diaryl/α,β-unsaturated/α-hetero) is 1. The van der Waals surface area contributed by atoms with E-state index in [9.17, 15) is 14.7 Å². The van der Waals surface area contributed by atoms with E-state index in [2.05, 4.69) is 20.9 Å². The molecule has 3 rings (SSSR count). The molecule has 0 spiro atoms. The number of aromatic nitrogens is 1. The highest BCUT2D eigenvalue weighted by molar-refractivity contribution is 9.10. The predicted octanol–water partition coefficient (Wildman–Crippen LogP) is 3.34. The molecule has 7 heteroatoms. The predicted molar refractivity (Wildman–Crippen MR) is 95.5 cm³/mol. The summed E-state index contributed by atoms with van der Waals surface area (Å²) in [7, 11) is 1.55. The Hall–Kier alpha value is -2.67. The van der Waals surface area contributed by atoms with Gasteiger partial charge in [-0.1, -0.05) is 12.1 Å². The van der Waals surface area contributed by atoms with Crippen LogP contribution in [0.1, 0.15) is 18.5 Å². The second-order valence-electron chi connectivity index (χ2n) is 5.50. The van der Waals surface area contributed by atoms with Gasteiger partial charge in [-0.15, -0.1) is 0 Å². The first-order chi connectivity index (χ1) is 11.9. The number of aliphatic hydroxyl groups is 1. The molecule has 0 radical (unpaired) electrons. The summed E-state index contributed by atoms with van der Waals surface area (Å²) in [5.41, 5.74) is 0.730. The zero-order valence-electron chi connectivity index (χ0n) is 13.6. The van der Waals surface area contributed by atoms with Gasteiger partial charge in [-0.3, -0.25) is 14.5 Å². The maximum absolute atomic E-state index is 12.6. The average molecular weight is 403 g/mol. The third-order valence-corrected chi connectivity index (χ3v) is 4.45. The summed E-state index contributed by atoms with van der Waals surface area (Å²) in [4.78, 5) is 30.2. The lowest BCUT2D eigenvalue weighted by Crippen LogP contribution is -2.31. The number of carbonyl (C=O) groups excluding carboxylic acids is 2. The lowest BCUT2D eigenvalue weighted by molar-refractivity contribution is -0.117. The summed E-state index contributed by atoms with van der Waals surface area (Å²) in [6.45, 7) is 1.33. The Morgan fingerprint density at radius 3 is 2.44 bits per heavy atom. The minimum Gasteiger partial charge on any atom is -0.503 e. The van der Waals surface area contributed by atoms with E-state index in [1.807, 2.05) is 0 Å². The molecule has 6 nitrogen and oxygen atoms in total. The standard InChI is InChI=1S/C18H15BrN2O4/c1-10(22)15-16(11-3-6-13(25-2)7-4-11)21(18(24)17(15)23)14-8-5-12(19)9-20-14/h3-9,16,23H,1-2H3. The third kappa shape index (κ3) is 3.02. The number of rotatable bonds is 4. The molecule has 25 heavy (non-hydrogen) atoms. The van der Waals surface area contributed by atoms with Gasteiger partial charge in [0.1, 0.15) is 11.6 Å². The molecular weight excluding hydrogens is 388 g/mol. The highest BCUT2D eigenvalue weighted by Gasteiger charge is 2.43. The number of amides is 1. The van der Waals surface area contributed by atoms with Crippen molar-refractivity contribution in [1.82, 2.24) is 4.98 Å². The molecule has 1 unspecified atom stereocenters. The van der Waals surface area contributed by atoms with Crippen LogP contribution >= 0.6 is 15.9 Å². The number of hydrogen-bond acceptors (Lipinski definition) is 5. The zero-order chi connectivity index (χ0) is 18.1. The number of benzene rings is 1. The first kappa shape index (κ1) is 17.2. The second-order valence-corrected chi connectivity index (χ2v) is 6.42. The van der Waals surface area contributed by atoms with Crippen LogP contribution in [0.15, 0.2) is 58.4 Å². The quantitative estimate of drug-likeness (QED) is 0.847. The lowest BCUT2D eigenvalue weighted by atomic mass is 9.96. The Bertz CT molecular complexity index is 860. The Morgan fingerprint density at radius 2 is 1.92 bits per heavy atom. The van der Waals surface area contributed by atoms with Crippen molar-refractivity contribution in [3.63, 3.8) is 0 Å². The van der Waals surface area contributed by atoms with Gasteiger partial charge in [-0.25, -0.2) is 4.98 Å². The van der Waals surface area contributed by atoms with E-state index >= 15 is 0 Å². The van der Waals surface area contributed by atoms with E-state index in [0.29, 0.717) is 17.1 Å². The number of pyridine rings is 1. The maximum atomic E-state index is 12.6. The van der Waals surface area contributed by atoms with Crippen LogP contribution in [0.25, 0.3) is 0 Å². The highest BCUT2D eigenvalue weighted by atomic mass is 79.9. The van der Waals surface area contributed by atoms with Crippen LogP contribution < -0.4 is 9.64 Å². The molecule has 0 fully saturated rings. The first-order valence-electron chi connectivity index (χ1n) is 7.47. The Morgan fingerprint density at radius 1 is 1.24 bits per heavy atom. The molecule has 128 valence electrons. The van der Waals surface area contributed by atoms with E-state index < -0.39 is 17.7 Å². The molecule has 1 aromatic heterocycles. The molecule has 2 heterocycles. The number of anilines is 1. The van der Waals surface area contributed by atoms with E-state index in [1.54, 1.807) is 49.7 Å². The SMILES string of the molecule is COc1ccc(C2C(C(C)=O)=C(O)C(=O)N2c2ccc(Br)cn2)cc1. The summed E-state index contributed by atoms with van der Waals surface area (Å²) in [6, 6.07) is 9.62. The van der Waals surface area contributed by atoms with Crippen molar-refractivity contribution in [3.05, 3.63) is 64.0 Å². The summed E-state index contributed by atoms with van der Waals surface area (Å²) < 4.78 is 5.90. The third-order valence-electron chi connectivity index (χ3n) is 3.98. The van der Waals surface area contributed by atoms with E-state index in [1.165, 1.54) is 11.8 Å². The van der Waals surface area contributed by atoms with Gasteiger partial charge in [0.05, 0.1) is 18.7 Å². The topological polar surface area (TPSA) is 79.7 Å². The van der Waals surface area contributed by atoms with Crippen molar-refractivity contribution in [3.8, 4) is 5.75 Å². The molecule has 1 aliphatic heterocycles. The van der Waals surface area contributed by atoms with Crippen molar-refractivity contribution in [2.75, 3.05) is 12.0 Å². The van der Waals surface area contributed by atoms with Gasteiger partial charge in [-0.2, -0.15) is 0 Å². The normalized spacial score (nSPS) is 17.2. The fourth-order valence-corrected chi connectivity index (χ4v) is 3.05. The minimum absolute atomic E-state index is 0.0554. The molecule has 0 saturated heterocycles. The Balaban J connectivity index is 2.13. The number of ether oxygens (including phenoxy) is 1. The molecule has 1 aromatic carbocycles. The molecule has 0 saturated carbocycles. The van der Waals surface area contributed by atoms with Gasteiger partial charge >= 0.3 is 0 Å². The van der Waals surface area contributed by atoms with Crippen LogP contribution in [0.4, 0.5) is 5.82 Å². The number of nitrogens with zero attached hydrogens (tertiary/aromatic N) is 2. The van der Waals surface area contributed by atoms with Gasteiger partial charge in [0.25, 0.3) is 5.91 Å². The number of aliphatic hydroxyl groups excluding tert-OH is 1. The van der Waals surface area contributed by atoms with Gasteiger partial charge in [0.15, 0.2) is 11.5 Å². The van der Waals surface area contributed by atoms with E-state index in [-0.39, 0.29) is 11.4 Å². The number of ketones is 1. The van der Waals surface area contributed by atoms with Crippen LogP contribution in [0, 0.1) is 0 Å². The van der Waals surface area contributed by atoms with Crippen LogP contribution in [0.2, 0.25) is 0 Å². The second kappa shape index (κ2) is 6.68. The molecule has 0 bridgehead atoms. The van der Waals surface area contributed by atoms with Crippen molar-refractivity contribution >= 4 is 33.4 Å². The Labute approximate surface area is 152 Å². The number of carbonyl (C=O) groups is 2. The fraction of sp³-hybridized carbons (Fsp3) is 0.167. The summed E-state index contributed by atoms with van der Waals surface area (Å²) >= 11 is 3.30. The largest absolute Gasteiger partial charge is 0.503 e. The van der Waals surface area contributed by atoms with Crippen LogP contribution in [0.3, 0.4) is 0 Å². The van der Waals surface area contributed by atoms with Gasteiger partial charge in [0.2, 0.25) is 0 Å². The van der Waals surface area contributed by atoms with Crippen LogP contribution in [-0.2, 0) is 9.59 Å². The van der Waals surface area contributed by atoms with Crippen LogP contribution in [0.5, 0.6) is 5.75 Å². The molecular formula is C18H15BrN2O4. The molecule has 0 aliphatic carbocycles. The first-order valence-corrected chi connectivity index (χ1v) is 8.26.